The lowest BCUT2D eigenvalue weighted by Crippen LogP contribution is -2.35. The maximum absolute atomic E-state index is 12.0. The number of methoxy groups -OCH3 is 1. The Kier molecular flexibility index (Phi) is 6.22. The molecule has 0 aliphatic carbocycles. The van der Waals surface area contributed by atoms with Crippen molar-refractivity contribution in [2.75, 3.05) is 20.2 Å². The summed E-state index contributed by atoms with van der Waals surface area (Å²) in [6, 6.07) is 7.67. The number of nitrogens with zero attached hydrogens (tertiary/aromatic N) is 2. The van der Waals surface area contributed by atoms with Gasteiger partial charge in [0, 0.05) is 23.9 Å². The van der Waals surface area contributed by atoms with E-state index in [1.165, 1.54) is 11.3 Å². The Hall–Kier alpha value is -2.41. The summed E-state index contributed by atoms with van der Waals surface area (Å²) >= 11 is 1.49. The standard InChI is InChI=1S/C19H22N2O4S/c1-24-16-7-5-6-14(10-16)19-20-15(13-26-19)12-25-18(23)11-21-9-4-2-3-8-17(21)22/h5-7,10,13H,2-4,8-9,11-12H2,1H3. The Morgan fingerprint density at radius 2 is 2.19 bits per heavy atom. The molecular formula is C19H22N2O4S. The number of benzene rings is 1. The summed E-state index contributed by atoms with van der Waals surface area (Å²) in [6.45, 7) is 0.762. The van der Waals surface area contributed by atoms with Crippen molar-refractivity contribution in [1.29, 1.82) is 0 Å². The smallest absolute Gasteiger partial charge is 0.326 e. The molecule has 0 saturated carbocycles. The van der Waals surface area contributed by atoms with E-state index in [4.69, 9.17) is 9.47 Å². The largest absolute Gasteiger partial charge is 0.497 e. The fourth-order valence-corrected chi connectivity index (χ4v) is 3.63. The van der Waals surface area contributed by atoms with E-state index in [0.717, 1.165) is 35.6 Å². The van der Waals surface area contributed by atoms with Crippen molar-refractivity contribution in [3.63, 3.8) is 0 Å². The maximum Gasteiger partial charge on any atom is 0.326 e. The molecule has 0 bridgehead atoms. The van der Waals surface area contributed by atoms with E-state index < -0.39 is 5.97 Å². The van der Waals surface area contributed by atoms with Crippen molar-refractivity contribution in [3.05, 3.63) is 35.3 Å². The molecule has 0 unspecified atom stereocenters. The third-order valence-corrected chi connectivity index (χ3v) is 5.18. The first-order chi connectivity index (χ1) is 12.7. The van der Waals surface area contributed by atoms with Crippen LogP contribution in [0.25, 0.3) is 10.6 Å². The third-order valence-electron chi connectivity index (χ3n) is 4.24. The molecule has 1 fully saturated rings. The van der Waals surface area contributed by atoms with Gasteiger partial charge in [0.05, 0.1) is 12.8 Å². The van der Waals surface area contributed by atoms with Crippen LogP contribution in [0.1, 0.15) is 31.4 Å². The van der Waals surface area contributed by atoms with Crippen LogP contribution in [0.15, 0.2) is 29.6 Å². The average molecular weight is 374 g/mol. The van der Waals surface area contributed by atoms with Gasteiger partial charge in [-0.3, -0.25) is 9.59 Å². The molecule has 1 aliphatic heterocycles. The van der Waals surface area contributed by atoms with E-state index in [0.29, 0.717) is 18.7 Å². The summed E-state index contributed by atoms with van der Waals surface area (Å²) < 4.78 is 10.5. The zero-order chi connectivity index (χ0) is 18.4. The molecule has 6 nitrogen and oxygen atoms in total. The second-order valence-electron chi connectivity index (χ2n) is 6.16. The van der Waals surface area contributed by atoms with Gasteiger partial charge in [-0.25, -0.2) is 4.98 Å². The number of rotatable bonds is 6. The number of esters is 1. The molecule has 3 rings (SSSR count). The topological polar surface area (TPSA) is 68.7 Å². The fourth-order valence-electron chi connectivity index (χ4n) is 2.82. The SMILES string of the molecule is COc1cccc(-c2nc(COC(=O)CN3CCCCCC3=O)cs2)c1. The minimum atomic E-state index is -0.392. The molecule has 1 amide bonds. The van der Waals surface area contributed by atoms with Gasteiger partial charge in [-0.05, 0) is 25.0 Å². The first-order valence-electron chi connectivity index (χ1n) is 8.68. The highest BCUT2D eigenvalue weighted by molar-refractivity contribution is 7.13. The van der Waals surface area contributed by atoms with Crippen LogP contribution in [-0.4, -0.2) is 42.0 Å². The molecule has 2 heterocycles. The second kappa shape index (κ2) is 8.80. The zero-order valence-electron chi connectivity index (χ0n) is 14.8. The highest BCUT2D eigenvalue weighted by atomic mass is 32.1. The van der Waals surface area contributed by atoms with Gasteiger partial charge in [-0.15, -0.1) is 11.3 Å². The van der Waals surface area contributed by atoms with Gasteiger partial charge in [-0.2, -0.15) is 0 Å². The van der Waals surface area contributed by atoms with Crippen LogP contribution < -0.4 is 4.74 Å². The quantitative estimate of drug-likeness (QED) is 0.726. The van der Waals surface area contributed by atoms with Gasteiger partial charge in [0.1, 0.15) is 23.9 Å². The molecule has 7 heteroatoms. The van der Waals surface area contributed by atoms with Crippen LogP contribution in [0, 0.1) is 0 Å². The minimum Gasteiger partial charge on any atom is -0.497 e. The molecule has 1 saturated heterocycles. The van der Waals surface area contributed by atoms with Crippen molar-refractivity contribution < 1.29 is 19.1 Å². The van der Waals surface area contributed by atoms with E-state index in [1.54, 1.807) is 12.0 Å². The van der Waals surface area contributed by atoms with Crippen molar-refractivity contribution in [3.8, 4) is 16.3 Å². The van der Waals surface area contributed by atoms with Crippen LogP contribution in [0.5, 0.6) is 5.75 Å². The number of likely N-dealkylation sites (tertiary alicyclic amines) is 1. The molecule has 1 aromatic carbocycles. The predicted octanol–water partition coefficient (Wildman–Crippen LogP) is 3.26. The van der Waals surface area contributed by atoms with Gasteiger partial charge in [0.2, 0.25) is 5.91 Å². The Morgan fingerprint density at radius 3 is 3.04 bits per heavy atom. The summed E-state index contributed by atoms with van der Waals surface area (Å²) in [5.74, 6) is 0.414. The number of amides is 1. The van der Waals surface area contributed by atoms with Crippen LogP contribution >= 0.6 is 11.3 Å². The first kappa shape index (κ1) is 18.4. The number of carbonyl (C=O) groups excluding carboxylic acids is 2. The van der Waals surface area contributed by atoms with Gasteiger partial charge in [0.25, 0.3) is 0 Å². The number of ether oxygens (including phenoxy) is 2. The first-order valence-corrected chi connectivity index (χ1v) is 9.56. The molecule has 138 valence electrons. The predicted molar refractivity (Wildman–Crippen MR) is 98.9 cm³/mol. The zero-order valence-corrected chi connectivity index (χ0v) is 15.6. The fraction of sp³-hybridized carbons (Fsp3) is 0.421. The van der Waals surface area contributed by atoms with Crippen LogP contribution in [-0.2, 0) is 20.9 Å². The van der Waals surface area contributed by atoms with E-state index >= 15 is 0 Å². The van der Waals surface area contributed by atoms with Crippen LogP contribution in [0.3, 0.4) is 0 Å². The summed E-state index contributed by atoms with van der Waals surface area (Å²) in [5.41, 5.74) is 1.66. The number of hydrogen-bond acceptors (Lipinski definition) is 6. The average Bonchev–Trinajstić information content (AvgIpc) is 3.05. The maximum atomic E-state index is 12.0. The summed E-state index contributed by atoms with van der Waals surface area (Å²) in [6.07, 6.45) is 3.39. The summed E-state index contributed by atoms with van der Waals surface area (Å²) in [4.78, 5) is 30.1. The normalized spacial score (nSPS) is 14.8. The number of thiazole rings is 1. The Balaban J connectivity index is 1.54. The molecule has 2 aromatic rings. The number of aromatic nitrogens is 1. The second-order valence-corrected chi connectivity index (χ2v) is 7.02. The van der Waals surface area contributed by atoms with E-state index in [9.17, 15) is 9.59 Å². The lowest BCUT2D eigenvalue weighted by molar-refractivity contribution is -0.150. The lowest BCUT2D eigenvalue weighted by atomic mass is 10.2. The Morgan fingerprint density at radius 1 is 1.31 bits per heavy atom. The van der Waals surface area contributed by atoms with Gasteiger partial charge < -0.3 is 14.4 Å². The van der Waals surface area contributed by atoms with Gasteiger partial charge in [0.15, 0.2) is 0 Å². The number of carbonyl (C=O) groups is 2. The Bertz CT molecular complexity index is 774. The summed E-state index contributed by atoms with van der Waals surface area (Å²) in [7, 11) is 1.63. The molecule has 0 N–H and O–H groups in total. The van der Waals surface area contributed by atoms with Crippen molar-refractivity contribution in [2.24, 2.45) is 0 Å². The Labute approximate surface area is 156 Å². The van der Waals surface area contributed by atoms with Gasteiger partial charge >= 0.3 is 5.97 Å². The van der Waals surface area contributed by atoms with Crippen LogP contribution in [0.4, 0.5) is 0 Å². The van der Waals surface area contributed by atoms with Crippen LogP contribution in [0.2, 0.25) is 0 Å². The lowest BCUT2D eigenvalue weighted by Gasteiger charge is -2.19. The number of hydrogen-bond donors (Lipinski definition) is 0. The third kappa shape index (κ3) is 4.82. The highest BCUT2D eigenvalue weighted by Gasteiger charge is 2.20. The van der Waals surface area contributed by atoms with Crippen molar-refractivity contribution in [2.45, 2.75) is 32.3 Å². The van der Waals surface area contributed by atoms with E-state index in [-0.39, 0.29) is 19.1 Å². The molecule has 1 aromatic heterocycles. The van der Waals surface area contributed by atoms with E-state index in [2.05, 4.69) is 4.98 Å². The highest BCUT2D eigenvalue weighted by Crippen LogP contribution is 2.27. The molecule has 0 spiro atoms. The van der Waals surface area contributed by atoms with E-state index in [1.807, 2.05) is 29.6 Å². The van der Waals surface area contributed by atoms with Crippen molar-refractivity contribution >= 4 is 23.2 Å². The molecule has 1 aliphatic rings. The molecule has 0 radical (unpaired) electrons. The minimum absolute atomic E-state index is 0.0196. The van der Waals surface area contributed by atoms with Crippen molar-refractivity contribution in [1.82, 2.24) is 9.88 Å². The molecule has 0 atom stereocenters. The molecule has 26 heavy (non-hydrogen) atoms. The molecular weight excluding hydrogens is 352 g/mol. The summed E-state index contributed by atoms with van der Waals surface area (Å²) in [5, 5.41) is 2.72. The van der Waals surface area contributed by atoms with Gasteiger partial charge in [-0.1, -0.05) is 18.6 Å². The monoisotopic (exact) mass is 374 g/mol.